The molecule has 0 radical (unpaired) electrons. The van der Waals surface area contributed by atoms with Crippen molar-refractivity contribution in [3.05, 3.63) is 34.3 Å². The number of alkyl halides is 1. The molecule has 0 aliphatic carbocycles. The molecule has 5 rings (SSSR count). The fourth-order valence-corrected chi connectivity index (χ4v) is 5.31. The number of nitrogens with two attached hydrogens (primary N) is 1. The number of aliphatic hydroxyl groups is 2. The Balaban J connectivity index is 1.39. The van der Waals surface area contributed by atoms with E-state index in [-0.39, 0.29) is 24.9 Å². The van der Waals surface area contributed by atoms with E-state index >= 15 is 0 Å². The van der Waals surface area contributed by atoms with Crippen molar-refractivity contribution in [2.45, 2.75) is 55.6 Å². The number of ether oxygens (including phenoxy) is 2. The van der Waals surface area contributed by atoms with E-state index in [4.69, 9.17) is 26.8 Å². The van der Waals surface area contributed by atoms with Gasteiger partial charge in [-0.2, -0.15) is 0 Å². The monoisotopic (exact) mass is 428 g/mol. The summed E-state index contributed by atoms with van der Waals surface area (Å²) in [6.45, 7) is 1.09. The van der Waals surface area contributed by atoms with Gasteiger partial charge in [-0.05, 0) is 29.7 Å². The zero-order valence-electron chi connectivity index (χ0n) is 15.7. The zero-order chi connectivity index (χ0) is 20.3. The quantitative estimate of drug-likeness (QED) is 0.446. The standard InChI is InChI=1S/C19H26ClFN4O4/c20-8-1-2-9-11(5-8)12(21)6-28-15(9)16-13(26)14(27)19(29-16)25-4-3-10-17(22)23-7-24-18(10)25/h1-2,5,10,12-19,23-24,26-27H,3-4,6-7,22H2/t10?,12-,13-,14+,15+,16-,17?,18?,19+/m0/s1. The van der Waals surface area contributed by atoms with Gasteiger partial charge in [-0.15, -0.1) is 0 Å². The third kappa shape index (κ3) is 3.29. The Bertz CT molecular complexity index is 776. The molecule has 0 bridgehead atoms. The van der Waals surface area contributed by atoms with E-state index in [1.807, 2.05) is 4.90 Å². The predicted molar refractivity (Wildman–Crippen MR) is 102 cm³/mol. The first-order chi connectivity index (χ1) is 14.0. The summed E-state index contributed by atoms with van der Waals surface area (Å²) in [7, 11) is 0. The van der Waals surface area contributed by atoms with Crippen LogP contribution in [0.4, 0.5) is 4.39 Å². The van der Waals surface area contributed by atoms with Gasteiger partial charge in [0.15, 0.2) is 0 Å². The van der Waals surface area contributed by atoms with Gasteiger partial charge in [0.2, 0.25) is 0 Å². The Morgan fingerprint density at radius 3 is 2.86 bits per heavy atom. The Morgan fingerprint density at radius 2 is 2.03 bits per heavy atom. The minimum atomic E-state index is -1.29. The second-order valence-corrected chi connectivity index (χ2v) is 8.65. The molecule has 3 fully saturated rings. The van der Waals surface area contributed by atoms with Crippen LogP contribution in [0.2, 0.25) is 5.02 Å². The van der Waals surface area contributed by atoms with Gasteiger partial charge in [0.25, 0.3) is 0 Å². The van der Waals surface area contributed by atoms with Crippen molar-refractivity contribution in [3.63, 3.8) is 0 Å². The summed E-state index contributed by atoms with van der Waals surface area (Å²) in [6.07, 6.45) is -5.13. The molecule has 0 spiro atoms. The molecule has 6 N–H and O–H groups in total. The number of hydrogen-bond donors (Lipinski definition) is 5. The number of hydrogen-bond acceptors (Lipinski definition) is 8. The third-order valence-electron chi connectivity index (χ3n) is 6.61. The van der Waals surface area contributed by atoms with Crippen LogP contribution in [0.25, 0.3) is 0 Å². The fourth-order valence-electron chi connectivity index (χ4n) is 5.13. The molecule has 3 saturated heterocycles. The van der Waals surface area contributed by atoms with E-state index in [2.05, 4.69) is 10.6 Å². The number of fused-ring (bicyclic) bond motifs is 2. The molecule has 9 atom stereocenters. The molecule has 8 nitrogen and oxygen atoms in total. The van der Waals surface area contributed by atoms with Gasteiger partial charge in [-0.25, -0.2) is 4.39 Å². The average Bonchev–Trinajstić information content (AvgIpc) is 3.26. The molecule has 0 amide bonds. The lowest BCUT2D eigenvalue weighted by Crippen LogP contribution is -2.64. The van der Waals surface area contributed by atoms with Gasteiger partial charge in [0, 0.05) is 24.2 Å². The van der Waals surface area contributed by atoms with Crippen LogP contribution in [0, 0.1) is 5.92 Å². The molecule has 29 heavy (non-hydrogen) atoms. The summed E-state index contributed by atoms with van der Waals surface area (Å²) in [5, 5.41) is 28.5. The van der Waals surface area contributed by atoms with Crippen molar-refractivity contribution in [1.29, 1.82) is 0 Å². The van der Waals surface area contributed by atoms with Crippen LogP contribution < -0.4 is 16.4 Å². The third-order valence-corrected chi connectivity index (χ3v) is 6.84. The van der Waals surface area contributed by atoms with Crippen LogP contribution in [0.5, 0.6) is 0 Å². The number of nitrogens with zero attached hydrogens (tertiary/aromatic N) is 1. The first kappa shape index (κ1) is 20.0. The van der Waals surface area contributed by atoms with Crippen molar-refractivity contribution in [2.24, 2.45) is 11.7 Å². The summed E-state index contributed by atoms with van der Waals surface area (Å²) in [5.41, 5.74) is 7.20. The van der Waals surface area contributed by atoms with E-state index in [0.29, 0.717) is 29.4 Å². The lowest BCUT2D eigenvalue weighted by molar-refractivity contribution is -0.147. The molecule has 4 aliphatic rings. The van der Waals surface area contributed by atoms with Crippen molar-refractivity contribution >= 4 is 11.6 Å². The minimum absolute atomic E-state index is 0.0505. The molecule has 10 heteroatoms. The highest BCUT2D eigenvalue weighted by molar-refractivity contribution is 6.30. The van der Waals surface area contributed by atoms with Crippen molar-refractivity contribution < 1.29 is 24.1 Å². The smallest absolute Gasteiger partial charge is 0.149 e. The lowest BCUT2D eigenvalue weighted by Gasteiger charge is -2.39. The van der Waals surface area contributed by atoms with Gasteiger partial charge in [0.1, 0.15) is 36.8 Å². The van der Waals surface area contributed by atoms with Gasteiger partial charge >= 0.3 is 0 Å². The maximum Gasteiger partial charge on any atom is 0.149 e. The van der Waals surface area contributed by atoms with Crippen LogP contribution in [-0.4, -0.2) is 71.8 Å². The van der Waals surface area contributed by atoms with Crippen molar-refractivity contribution in [1.82, 2.24) is 15.5 Å². The molecule has 0 saturated carbocycles. The summed E-state index contributed by atoms with van der Waals surface area (Å²) >= 11 is 6.03. The molecule has 1 aromatic carbocycles. The Hall–Kier alpha value is -0.880. The van der Waals surface area contributed by atoms with Crippen molar-refractivity contribution in [2.75, 3.05) is 19.8 Å². The molecule has 4 aliphatic heterocycles. The number of benzene rings is 1. The number of nitrogens with one attached hydrogen (secondary N) is 2. The van der Waals surface area contributed by atoms with Crippen molar-refractivity contribution in [3.8, 4) is 0 Å². The van der Waals surface area contributed by atoms with Gasteiger partial charge in [0.05, 0.1) is 18.9 Å². The van der Waals surface area contributed by atoms with Crippen LogP contribution in [0.1, 0.15) is 29.8 Å². The van der Waals surface area contributed by atoms with Crippen LogP contribution in [0.3, 0.4) is 0 Å². The number of likely N-dealkylation sites (tertiary alicyclic amines) is 1. The highest BCUT2D eigenvalue weighted by Gasteiger charge is 2.54. The van der Waals surface area contributed by atoms with E-state index in [9.17, 15) is 14.6 Å². The molecule has 1 aromatic rings. The largest absolute Gasteiger partial charge is 0.387 e. The average molecular weight is 429 g/mol. The Kier molecular flexibility index (Phi) is 5.30. The highest BCUT2D eigenvalue weighted by Crippen LogP contribution is 2.43. The van der Waals surface area contributed by atoms with E-state index in [1.165, 1.54) is 0 Å². The summed E-state index contributed by atoms with van der Waals surface area (Å²) in [6, 6.07) is 4.94. The SMILES string of the molecule is NC1NCNC2C1CCN2[C@@H]1O[C@H]([C@@H]2OC[C@H](F)c3cc(Cl)ccc32)[C@@H](O)[C@H]1O. The molecular weight excluding hydrogens is 403 g/mol. The van der Waals surface area contributed by atoms with E-state index < -0.39 is 36.8 Å². The first-order valence-corrected chi connectivity index (χ1v) is 10.4. The Labute approximate surface area is 173 Å². The first-order valence-electron chi connectivity index (χ1n) is 10.0. The normalized spacial score (nSPS) is 45.2. The topological polar surface area (TPSA) is 112 Å². The second kappa shape index (κ2) is 7.67. The summed E-state index contributed by atoms with van der Waals surface area (Å²) < 4.78 is 26.2. The summed E-state index contributed by atoms with van der Waals surface area (Å²) in [5.74, 6) is 0.178. The second-order valence-electron chi connectivity index (χ2n) is 8.21. The maximum absolute atomic E-state index is 14.4. The summed E-state index contributed by atoms with van der Waals surface area (Å²) in [4.78, 5) is 2.02. The van der Waals surface area contributed by atoms with Gasteiger partial charge in [-0.3, -0.25) is 15.5 Å². The maximum atomic E-state index is 14.4. The molecule has 3 unspecified atom stereocenters. The Morgan fingerprint density at radius 1 is 1.21 bits per heavy atom. The highest BCUT2D eigenvalue weighted by atomic mass is 35.5. The molecule has 160 valence electrons. The van der Waals surface area contributed by atoms with Crippen LogP contribution in [0.15, 0.2) is 18.2 Å². The van der Waals surface area contributed by atoms with Gasteiger partial charge < -0.3 is 25.4 Å². The minimum Gasteiger partial charge on any atom is -0.387 e. The van der Waals surface area contributed by atoms with Gasteiger partial charge in [-0.1, -0.05) is 17.7 Å². The number of aliphatic hydroxyl groups excluding tert-OH is 2. The van der Waals surface area contributed by atoms with Crippen LogP contribution >= 0.6 is 11.6 Å². The molecular formula is C19H26ClFN4O4. The predicted octanol–water partition coefficient (Wildman–Crippen LogP) is -0.0483. The van der Waals surface area contributed by atoms with Crippen LogP contribution in [-0.2, 0) is 9.47 Å². The number of rotatable bonds is 2. The fraction of sp³-hybridized carbons (Fsp3) is 0.684. The van der Waals surface area contributed by atoms with E-state index in [0.717, 1.165) is 6.42 Å². The molecule has 0 aromatic heterocycles. The van der Waals surface area contributed by atoms with E-state index in [1.54, 1.807) is 18.2 Å². The number of halogens is 2. The molecule has 4 heterocycles. The zero-order valence-corrected chi connectivity index (χ0v) is 16.5. The lowest BCUT2D eigenvalue weighted by atomic mass is 9.91.